The van der Waals surface area contributed by atoms with Crippen molar-refractivity contribution < 1.29 is 27.8 Å². The van der Waals surface area contributed by atoms with Crippen LogP contribution in [0.3, 0.4) is 0 Å². The van der Waals surface area contributed by atoms with E-state index < -0.39 is 16.0 Å². The molecule has 1 aliphatic heterocycles. The summed E-state index contributed by atoms with van der Waals surface area (Å²) in [4.78, 5) is 10.3. The van der Waals surface area contributed by atoms with E-state index in [-0.39, 0.29) is 24.7 Å². The lowest BCUT2D eigenvalue weighted by Gasteiger charge is -2.06. The monoisotopic (exact) mass is 273 g/mol. The van der Waals surface area contributed by atoms with Crippen molar-refractivity contribution in [2.45, 2.75) is 11.3 Å². The molecule has 0 aliphatic carbocycles. The van der Waals surface area contributed by atoms with E-state index in [1.54, 1.807) is 0 Å². The molecular formula is C10H11NO6S. The van der Waals surface area contributed by atoms with Gasteiger partial charge in [-0.25, -0.2) is 13.1 Å². The molecule has 7 nitrogen and oxygen atoms in total. The topological polar surface area (TPSA) is 102 Å². The molecule has 0 radical (unpaired) electrons. The number of ether oxygens (including phenoxy) is 2. The van der Waals surface area contributed by atoms with Gasteiger partial charge >= 0.3 is 5.97 Å². The minimum absolute atomic E-state index is 0.0112. The van der Waals surface area contributed by atoms with Gasteiger partial charge in [-0.1, -0.05) is 0 Å². The molecule has 18 heavy (non-hydrogen) atoms. The number of fused-ring (bicyclic) bond motifs is 1. The van der Waals surface area contributed by atoms with Crippen LogP contribution in [0.4, 0.5) is 0 Å². The van der Waals surface area contributed by atoms with Crippen LogP contribution in [0.25, 0.3) is 0 Å². The SMILES string of the molecule is O=C(O)CCNS(=O)(=O)c1ccc2c(c1)OCO2. The Bertz CT molecular complexity index is 568. The van der Waals surface area contributed by atoms with Crippen molar-refractivity contribution in [2.75, 3.05) is 13.3 Å². The number of carboxylic acids is 1. The Morgan fingerprint density at radius 3 is 2.78 bits per heavy atom. The van der Waals surface area contributed by atoms with Crippen LogP contribution in [0.15, 0.2) is 23.1 Å². The van der Waals surface area contributed by atoms with Crippen LogP contribution in [0.5, 0.6) is 11.5 Å². The lowest BCUT2D eigenvalue weighted by atomic mass is 10.3. The molecule has 0 spiro atoms. The van der Waals surface area contributed by atoms with Gasteiger partial charge in [0.05, 0.1) is 11.3 Å². The Balaban J connectivity index is 2.12. The first-order chi connectivity index (χ1) is 8.49. The smallest absolute Gasteiger partial charge is 0.304 e. The molecule has 2 rings (SSSR count). The third-order valence-electron chi connectivity index (χ3n) is 2.29. The number of hydrogen-bond acceptors (Lipinski definition) is 5. The van der Waals surface area contributed by atoms with Crippen molar-refractivity contribution in [2.24, 2.45) is 0 Å². The lowest BCUT2D eigenvalue weighted by Crippen LogP contribution is -2.26. The number of rotatable bonds is 5. The van der Waals surface area contributed by atoms with Crippen molar-refractivity contribution in [1.82, 2.24) is 4.72 Å². The van der Waals surface area contributed by atoms with Crippen LogP contribution < -0.4 is 14.2 Å². The largest absolute Gasteiger partial charge is 0.481 e. The molecular weight excluding hydrogens is 262 g/mol. The second kappa shape index (κ2) is 4.83. The minimum Gasteiger partial charge on any atom is -0.481 e. The highest BCUT2D eigenvalue weighted by Gasteiger charge is 2.20. The van der Waals surface area contributed by atoms with Crippen LogP contribution >= 0.6 is 0 Å². The molecule has 8 heteroatoms. The van der Waals surface area contributed by atoms with Crippen molar-refractivity contribution in [1.29, 1.82) is 0 Å². The highest BCUT2D eigenvalue weighted by molar-refractivity contribution is 7.89. The Labute approximate surface area is 103 Å². The normalized spacial score (nSPS) is 13.6. The molecule has 0 fully saturated rings. The minimum atomic E-state index is -3.73. The average molecular weight is 273 g/mol. The molecule has 1 aromatic rings. The zero-order valence-corrected chi connectivity index (χ0v) is 10.1. The van der Waals surface area contributed by atoms with Crippen molar-refractivity contribution in [3.05, 3.63) is 18.2 Å². The lowest BCUT2D eigenvalue weighted by molar-refractivity contribution is -0.136. The third kappa shape index (κ3) is 2.71. The van der Waals surface area contributed by atoms with Gasteiger partial charge < -0.3 is 14.6 Å². The molecule has 2 N–H and O–H groups in total. The van der Waals surface area contributed by atoms with Crippen LogP contribution in [-0.4, -0.2) is 32.8 Å². The molecule has 1 aromatic carbocycles. The van der Waals surface area contributed by atoms with Crippen molar-refractivity contribution >= 4 is 16.0 Å². The molecule has 0 saturated carbocycles. The predicted molar refractivity (Wildman–Crippen MR) is 60.0 cm³/mol. The summed E-state index contributed by atoms with van der Waals surface area (Å²) in [7, 11) is -3.73. The van der Waals surface area contributed by atoms with Gasteiger partial charge in [0.15, 0.2) is 11.5 Å². The Kier molecular flexibility index (Phi) is 3.39. The highest BCUT2D eigenvalue weighted by atomic mass is 32.2. The van der Waals surface area contributed by atoms with Gasteiger partial charge in [-0.05, 0) is 12.1 Å². The quantitative estimate of drug-likeness (QED) is 0.792. The van der Waals surface area contributed by atoms with Gasteiger partial charge in [-0.15, -0.1) is 0 Å². The number of aliphatic carboxylic acids is 1. The summed E-state index contributed by atoms with van der Waals surface area (Å²) in [5.74, 6) is -0.223. The van der Waals surface area contributed by atoms with E-state index in [9.17, 15) is 13.2 Å². The fourth-order valence-electron chi connectivity index (χ4n) is 1.42. The molecule has 1 heterocycles. The summed E-state index contributed by atoms with van der Waals surface area (Å²) in [5.41, 5.74) is 0. The number of sulfonamides is 1. The van der Waals surface area contributed by atoms with Crippen LogP contribution in [-0.2, 0) is 14.8 Å². The van der Waals surface area contributed by atoms with E-state index in [1.165, 1.54) is 18.2 Å². The maximum atomic E-state index is 11.8. The van der Waals surface area contributed by atoms with E-state index in [0.29, 0.717) is 11.5 Å². The van der Waals surface area contributed by atoms with Gasteiger partial charge in [-0.2, -0.15) is 0 Å². The first kappa shape index (κ1) is 12.7. The summed E-state index contributed by atoms with van der Waals surface area (Å²) in [5, 5.41) is 8.44. The summed E-state index contributed by atoms with van der Waals surface area (Å²) >= 11 is 0. The highest BCUT2D eigenvalue weighted by Crippen LogP contribution is 2.33. The number of carboxylic acid groups (broad SMARTS) is 1. The summed E-state index contributed by atoms with van der Waals surface area (Å²) < 4.78 is 36.0. The van der Waals surface area contributed by atoms with Crippen LogP contribution in [0.1, 0.15) is 6.42 Å². The average Bonchev–Trinajstić information content (AvgIpc) is 2.74. The molecule has 0 aromatic heterocycles. The summed E-state index contributed by atoms with van der Waals surface area (Å²) in [6.45, 7) is -0.0998. The van der Waals surface area contributed by atoms with E-state index in [1.807, 2.05) is 0 Å². The predicted octanol–water partition coefficient (Wildman–Crippen LogP) is 0.168. The van der Waals surface area contributed by atoms with Gasteiger partial charge in [0, 0.05) is 12.6 Å². The van der Waals surface area contributed by atoms with Gasteiger partial charge in [0.25, 0.3) is 0 Å². The molecule has 98 valence electrons. The van der Waals surface area contributed by atoms with Crippen molar-refractivity contribution in [3.8, 4) is 11.5 Å². The number of carbonyl (C=O) groups is 1. The molecule has 0 amide bonds. The molecule has 0 unspecified atom stereocenters. The first-order valence-electron chi connectivity index (χ1n) is 5.10. The van der Waals surface area contributed by atoms with E-state index in [4.69, 9.17) is 14.6 Å². The Morgan fingerprint density at radius 2 is 2.06 bits per heavy atom. The second-order valence-electron chi connectivity index (χ2n) is 3.56. The third-order valence-corrected chi connectivity index (χ3v) is 3.74. The fourth-order valence-corrected chi connectivity index (χ4v) is 2.47. The number of nitrogens with one attached hydrogen (secondary N) is 1. The number of benzene rings is 1. The van der Waals surface area contributed by atoms with Crippen LogP contribution in [0.2, 0.25) is 0 Å². The first-order valence-corrected chi connectivity index (χ1v) is 6.58. The Morgan fingerprint density at radius 1 is 1.33 bits per heavy atom. The Hall–Kier alpha value is -1.80. The zero-order valence-electron chi connectivity index (χ0n) is 9.25. The second-order valence-corrected chi connectivity index (χ2v) is 5.32. The van der Waals surface area contributed by atoms with E-state index in [0.717, 1.165) is 0 Å². The van der Waals surface area contributed by atoms with Gasteiger partial charge in [-0.3, -0.25) is 4.79 Å². The van der Waals surface area contributed by atoms with Gasteiger partial charge in [0.1, 0.15) is 0 Å². The molecule has 0 bridgehead atoms. The van der Waals surface area contributed by atoms with Gasteiger partial charge in [0.2, 0.25) is 16.8 Å². The summed E-state index contributed by atoms with van der Waals surface area (Å²) in [6.07, 6.45) is -0.274. The standard InChI is InChI=1S/C10H11NO6S/c12-10(13)3-4-11-18(14,15)7-1-2-8-9(5-7)17-6-16-8/h1-2,5,11H,3-4,6H2,(H,12,13). The van der Waals surface area contributed by atoms with Crippen molar-refractivity contribution in [3.63, 3.8) is 0 Å². The zero-order chi connectivity index (χ0) is 13.2. The van der Waals surface area contributed by atoms with E-state index in [2.05, 4.69) is 4.72 Å². The molecule has 0 atom stereocenters. The fraction of sp³-hybridized carbons (Fsp3) is 0.300. The maximum Gasteiger partial charge on any atom is 0.304 e. The maximum absolute atomic E-state index is 11.8. The number of hydrogen-bond donors (Lipinski definition) is 2. The molecule has 0 saturated heterocycles. The van der Waals surface area contributed by atoms with Crippen LogP contribution in [0, 0.1) is 0 Å². The molecule has 1 aliphatic rings. The van der Waals surface area contributed by atoms with E-state index >= 15 is 0 Å². The summed E-state index contributed by atoms with van der Waals surface area (Å²) in [6, 6.07) is 4.20.